The number of hydrogen-bond donors (Lipinski definition) is 0. The number of carbonyl (C=O) groups is 2. The normalized spacial score (nSPS) is 9.63. The fraction of sp³-hybridized carbons (Fsp3) is 0.333. The van der Waals surface area contributed by atoms with Crippen LogP contribution in [0.1, 0.15) is 0 Å². The fourth-order valence-electron chi connectivity index (χ4n) is 1.11. The zero-order valence-corrected chi connectivity index (χ0v) is 10.5. The monoisotopic (exact) mass is 272 g/mol. The number of methoxy groups -OCH3 is 2. The second-order valence-corrected chi connectivity index (χ2v) is 3.32. The van der Waals surface area contributed by atoms with Gasteiger partial charge in [0, 0.05) is 6.07 Å². The van der Waals surface area contributed by atoms with Crippen molar-refractivity contribution < 1.29 is 32.9 Å². The topological polar surface area (TPSA) is 71.1 Å². The van der Waals surface area contributed by atoms with Crippen molar-refractivity contribution in [3.05, 3.63) is 24.0 Å². The third kappa shape index (κ3) is 4.82. The summed E-state index contributed by atoms with van der Waals surface area (Å²) >= 11 is 0. The first-order valence-electron chi connectivity index (χ1n) is 5.25. The highest BCUT2D eigenvalue weighted by atomic mass is 19.1. The molecule has 1 aromatic carbocycles. The van der Waals surface area contributed by atoms with E-state index < -0.39 is 24.4 Å². The van der Waals surface area contributed by atoms with Crippen molar-refractivity contribution in [3.8, 4) is 11.5 Å². The van der Waals surface area contributed by atoms with Crippen LogP contribution in [0.4, 0.5) is 4.39 Å². The van der Waals surface area contributed by atoms with Crippen LogP contribution in [0, 0.1) is 5.82 Å². The quantitative estimate of drug-likeness (QED) is 0.717. The Hall–Kier alpha value is -2.31. The molecule has 0 saturated heterocycles. The molecule has 0 radical (unpaired) electrons. The van der Waals surface area contributed by atoms with Gasteiger partial charge in [0.05, 0.1) is 14.2 Å². The van der Waals surface area contributed by atoms with Crippen molar-refractivity contribution in [3.63, 3.8) is 0 Å². The average Bonchev–Trinajstić information content (AvgIpc) is 2.43. The zero-order valence-electron chi connectivity index (χ0n) is 10.5. The van der Waals surface area contributed by atoms with Crippen LogP contribution < -0.4 is 9.47 Å². The maximum Gasteiger partial charge on any atom is 0.343 e. The van der Waals surface area contributed by atoms with Crippen LogP contribution in [-0.2, 0) is 19.1 Å². The Balaban J connectivity index is 2.73. The average molecular weight is 272 g/mol. The molecule has 0 aliphatic carbocycles. The standard InChI is InChI=1S/C12H13FO6/c1-16-11(14)6-18-9-4-3-8(13)5-10(9)19-7-12(15)17-2/h3-5H,6-7H2,1-2H3. The summed E-state index contributed by atoms with van der Waals surface area (Å²) in [6.07, 6.45) is 0. The largest absolute Gasteiger partial charge is 0.478 e. The molecule has 0 atom stereocenters. The number of esters is 2. The van der Waals surface area contributed by atoms with Crippen LogP contribution in [0.2, 0.25) is 0 Å². The van der Waals surface area contributed by atoms with E-state index in [9.17, 15) is 14.0 Å². The molecule has 0 saturated carbocycles. The van der Waals surface area contributed by atoms with Crippen molar-refractivity contribution in [1.29, 1.82) is 0 Å². The molecule has 0 bridgehead atoms. The summed E-state index contributed by atoms with van der Waals surface area (Å²) in [6.45, 7) is -0.745. The van der Waals surface area contributed by atoms with Gasteiger partial charge >= 0.3 is 11.9 Å². The van der Waals surface area contributed by atoms with Crippen LogP contribution in [0.15, 0.2) is 18.2 Å². The molecule has 0 unspecified atom stereocenters. The third-order valence-corrected chi connectivity index (χ3v) is 2.05. The van der Waals surface area contributed by atoms with Crippen molar-refractivity contribution in [2.24, 2.45) is 0 Å². The van der Waals surface area contributed by atoms with E-state index in [4.69, 9.17) is 9.47 Å². The molecule has 0 aliphatic heterocycles. The molecule has 0 spiro atoms. The van der Waals surface area contributed by atoms with Gasteiger partial charge in [-0.25, -0.2) is 14.0 Å². The Kier molecular flexibility index (Phi) is 5.59. The van der Waals surface area contributed by atoms with Gasteiger partial charge in [-0.3, -0.25) is 0 Å². The molecule has 7 heteroatoms. The van der Waals surface area contributed by atoms with Crippen LogP contribution in [0.3, 0.4) is 0 Å². The Bertz CT molecular complexity index is 460. The van der Waals surface area contributed by atoms with Gasteiger partial charge in [-0.2, -0.15) is 0 Å². The van der Waals surface area contributed by atoms with Crippen LogP contribution in [0.5, 0.6) is 11.5 Å². The molecule has 104 valence electrons. The maximum atomic E-state index is 13.1. The van der Waals surface area contributed by atoms with E-state index in [1.807, 2.05) is 0 Å². The second kappa shape index (κ2) is 7.20. The summed E-state index contributed by atoms with van der Waals surface area (Å²) in [6, 6.07) is 3.46. The molecule has 0 heterocycles. The van der Waals surface area contributed by atoms with Crippen molar-refractivity contribution in [1.82, 2.24) is 0 Å². The lowest BCUT2D eigenvalue weighted by atomic mass is 10.3. The number of benzene rings is 1. The van der Waals surface area contributed by atoms with E-state index >= 15 is 0 Å². The SMILES string of the molecule is COC(=O)COc1ccc(F)cc1OCC(=O)OC. The lowest BCUT2D eigenvalue weighted by molar-refractivity contribution is -0.144. The minimum Gasteiger partial charge on any atom is -0.478 e. The molecular weight excluding hydrogens is 259 g/mol. The van der Waals surface area contributed by atoms with E-state index in [0.29, 0.717) is 0 Å². The number of ether oxygens (including phenoxy) is 4. The minimum absolute atomic E-state index is 0.00527. The number of carbonyl (C=O) groups excluding carboxylic acids is 2. The number of halogens is 1. The summed E-state index contributed by atoms with van der Waals surface area (Å²) < 4.78 is 32.0. The van der Waals surface area contributed by atoms with Gasteiger partial charge < -0.3 is 18.9 Å². The summed E-state index contributed by atoms with van der Waals surface area (Å²) in [5, 5.41) is 0. The molecule has 1 aromatic rings. The summed E-state index contributed by atoms with van der Waals surface area (Å²) in [5.41, 5.74) is 0. The van der Waals surface area contributed by atoms with Crippen LogP contribution in [0.25, 0.3) is 0 Å². The zero-order chi connectivity index (χ0) is 14.3. The highest BCUT2D eigenvalue weighted by molar-refractivity contribution is 5.71. The van der Waals surface area contributed by atoms with Gasteiger partial charge in [-0.1, -0.05) is 0 Å². The molecule has 0 aliphatic rings. The van der Waals surface area contributed by atoms with Gasteiger partial charge in [0.25, 0.3) is 0 Å². The molecule has 19 heavy (non-hydrogen) atoms. The van der Waals surface area contributed by atoms with Gasteiger partial charge in [0.15, 0.2) is 24.7 Å². The molecule has 1 rings (SSSR count). The van der Waals surface area contributed by atoms with Gasteiger partial charge in [-0.15, -0.1) is 0 Å². The van der Waals surface area contributed by atoms with Gasteiger partial charge in [-0.05, 0) is 12.1 Å². The summed E-state index contributed by atoms with van der Waals surface area (Å²) in [5.74, 6) is -1.67. The number of rotatable bonds is 6. The molecule has 0 aromatic heterocycles. The molecule has 0 N–H and O–H groups in total. The minimum atomic E-state index is -0.622. The Morgan fingerprint density at radius 1 is 1.00 bits per heavy atom. The predicted octanol–water partition coefficient (Wildman–Crippen LogP) is 0.929. The van der Waals surface area contributed by atoms with E-state index in [0.717, 1.165) is 12.1 Å². The van der Waals surface area contributed by atoms with Gasteiger partial charge in [0.2, 0.25) is 0 Å². The van der Waals surface area contributed by atoms with E-state index in [-0.39, 0.29) is 18.1 Å². The first-order chi connectivity index (χ1) is 9.06. The highest BCUT2D eigenvalue weighted by Crippen LogP contribution is 2.27. The molecular formula is C12H13FO6. The van der Waals surface area contributed by atoms with Crippen molar-refractivity contribution >= 4 is 11.9 Å². The molecule has 6 nitrogen and oxygen atoms in total. The Morgan fingerprint density at radius 3 is 2.05 bits per heavy atom. The Morgan fingerprint density at radius 2 is 1.53 bits per heavy atom. The highest BCUT2D eigenvalue weighted by Gasteiger charge is 2.11. The fourth-order valence-corrected chi connectivity index (χ4v) is 1.11. The predicted molar refractivity (Wildman–Crippen MR) is 61.4 cm³/mol. The lowest BCUT2D eigenvalue weighted by Crippen LogP contribution is -2.15. The van der Waals surface area contributed by atoms with Crippen LogP contribution >= 0.6 is 0 Å². The second-order valence-electron chi connectivity index (χ2n) is 3.32. The maximum absolute atomic E-state index is 13.1. The third-order valence-electron chi connectivity index (χ3n) is 2.05. The Labute approximate surface area is 109 Å². The van der Waals surface area contributed by atoms with Crippen LogP contribution in [-0.4, -0.2) is 39.4 Å². The van der Waals surface area contributed by atoms with E-state index in [1.165, 1.54) is 20.3 Å². The van der Waals surface area contributed by atoms with E-state index in [2.05, 4.69) is 9.47 Å². The lowest BCUT2D eigenvalue weighted by Gasteiger charge is -2.11. The van der Waals surface area contributed by atoms with E-state index in [1.54, 1.807) is 0 Å². The molecule has 0 amide bonds. The van der Waals surface area contributed by atoms with Crippen molar-refractivity contribution in [2.45, 2.75) is 0 Å². The summed E-state index contributed by atoms with van der Waals surface area (Å²) in [7, 11) is 2.41. The first kappa shape index (κ1) is 14.7. The number of hydrogen-bond acceptors (Lipinski definition) is 6. The van der Waals surface area contributed by atoms with Gasteiger partial charge in [0.1, 0.15) is 5.82 Å². The van der Waals surface area contributed by atoms with Crippen molar-refractivity contribution in [2.75, 3.05) is 27.4 Å². The first-order valence-corrected chi connectivity index (χ1v) is 5.25. The molecule has 0 fully saturated rings. The summed E-state index contributed by atoms with van der Waals surface area (Å²) in [4.78, 5) is 21.9. The smallest absolute Gasteiger partial charge is 0.343 e.